The molecule has 1 aromatic rings. The van der Waals surface area contributed by atoms with E-state index < -0.39 is 0 Å². The highest BCUT2D eigenvalue weighted by molar-refractivity contribution is 5.85. The molecule has 2 heterocycles. The van der Waals surface area contributed by atoms with E-state index in [2.05, 4.69) is 22.5 Å². The van der Waals surface area contributed by atoms with Gasteiger partial charge in [0.2, 0.25) is 5.91 Å². The molecular formula is C16H27Cl2N3O. The van der Waals surface area contributed by atoms with Crippen LogP contribution in [0.2, 0.25) is 0 Å². The molecule has 2 atom stereocenters. The summed E-state index contributed by atoms with van der Waals surface area (Å²) < 4.78 is 0. The van der Waals surface area contributed by atoms with Crippen LogP contribution in [-0.2, 0) is 11.3 Å². The lowest BCUT2D eigenvalue weighted by atomic mass is 9.85. The van der Waals surface area contributed by atoms with E-state index in [0.717, 1.165) is 24.3 Å². The molecular weight excluding hydrogens is 321 g/mol. The molecule has 1 aliphatic heterocycles. The van der Waals surface area contributed by atoms with Crippen LogP contribution in [0, 0.1) is 18.8 Å². The van der Waals surface area contributed by atoms with Gasteiger partial charge in [0.15, 0.2) is 0 Å². The highest BCUT2D eigenvalue weighted by atomic mass is 35.5. The lowest BCUT2D eigenvalue weighted by molar-refractivity contribution is -0.122. The standard InChI is InChI=1S/C16H25N3O.2ClH/c1-12-5-3-8-18-15(12)11-19-16(20)9-13(2)14-6-4-7-17-10-14;;/h3,5,8,13-14,17H,4,6-7,9-11H2,1-2H3,(H,19,20);2*1H. The van der Waals surface area contributed by atoms with Gasteiger partial charge in [0.05, 0.1) is 12.2 Å². The van der Waals surface area contributed by atoms with E-state index in [1.807, 2.05) is 19.1 Å². The summed E-state index contributed by atoms with van der Waals surface area (Å²) >= 11 is 0. The fraction of sp³-hybridized carbons (Fsp3) is 0.625. The third kappa shape index (κ3) is 6.51. The number of carbonyl (C=O) groups is 1. The van der Waals surface area contributed by atoms with Gasteiger partial charge in [0.1, 0.15) is 0 Å². The molecule has 1 aromatic heterocycles. The first-order valence-electron chi connectivity index (χ1n) is 7.54. The van der Waals surface area contributed by atoms with Crippen LogP contribution in [0.25, 0.3) is 0 Å². The smallest absolute Gasteiger partial charge is 0.220 e. The lowest BCUT2D eigenvalue weighted by Crippen LogP contribution is -2.35. The van der Waals surface area contributed by atoms with Gasteiger partial charge in [-0.2, -0.15) is 0 Å². The van der Waals surface area contributed by atoms with E-state index in [9.17, 15) is 4.79 Å². The lowest BCUT2D eigenvalue weighted by Gasteiger charge is -2.28. The van der Waals surface area contributed by atoms with E-state index in [1.54, 1.807) is 6.20 Å². The zero-order valence-electron chi connectivity index (χ0n) is 13.3. The fourth-order valence-corrected chi connectivity index (χ4v) is 2.78. The maximum absolute atomic E-state index is 12.0. The zero-order valence-corrected chi connectivity index (χ0v) is 14.9. The zero-order chi connectivity index (χ0) is 14.4. The van der Waals surface area contributed by atoms with Crippen molar-refractivity contribution in [3.63, 3.8) is 0 Å². The van der Waals surface area contributed by atoms with E-state index in [4.69, 9.17) is 0 Å². The van der Waals surface area contributed by atoms with Crippen LogP contribution in [0.5, 0.6) is 0 Å². The van der Waals surface area contributed by atoms with Crippen molar-refractivity contribution in [1.82, 2.24) is 15.6 Å². The molecule has 4 nitrogen and oxygen atoms in total. The predicted molar refractivity (Wildman–Crippen MR) is 94.7 cm³/mol. The first-order chi connectivity index (χ1) is 9.66. The van der Waals surface area contributed by atoms with E-state index in [-0.39, 0.29) is 30.7 Å². The van der Waals surface area contributed by atoms with Gasteiger partial charge in [0.25, 0.3) is 0 Å². The predicted octanol–water partition coefficient (Wildman–Crippen LogP) is 2.88. The number of aromatic nitrogens is 1. The number of amides is 1. The quantitative estimate of drug-likeness (QED) is 0.860. The number of nitrogens with one attached hydrogen (secondary N) is 2. The summed E-state index contributed by atoms with van der Waals surface area (Å²) in [7, 11) is 0. The minimum absolute atomic E-state index is 0. The minimum atomic E-state index is 0. The van der Waals surface area contributed by atoms with Gasteiger partial charge >= 0.3 is 0 Å². The van der Waals surface area contributed by atoms with Gasteiger partial charge < -0.3 is 10.6 Å². The van der Waals surface area contributed by atoms with Crippen LogP contribution < -0.4 is 10.6 Å². The molecule has 0 saturated carbocycles. The average molecular weight is 348 g/mol. The van der Waals surface area contributed by atoms with Crippen molar-refractivity contribution in [1.29, 1.82) is 0 Å². The Morgan fingerprint density at radius 2 is 2.27 bits per heavy atom. The average Bonchev–Trinajstić information content (AvgIpc) is 2.47. The first-order valence-corrected chi connectivity index (χ1v) is 7.54. The Labute approximate surface area is 145 Å². The molecule has 2 unspecified atom stereocenters. The monoisotopic (exact) mass is 347 g/mol. The third-order valence-electron chi connectivity index (χ3n) is 4.22. The minimum Gasteiger partial charge on any atom is -0.350 e. The van der Waals surface area contributed by atoms with Gasteiger partial charge in [-0.05, 0) is 56.3 Å². The SMILES string of the molecule is Cc1cccnc1CNC(=O)CC(C)C1CCCNC1.Cl.Cl. The Hall–Kier alpha value is -0.840. The summed E-state index contributed by atoms with van der Waals surface area (Å²) in [4.78, 5) is 16.3. The molecule has 1 saturated heterocycles. The normalized spacial score (nSPS) is 18.5. The summed E-state index contributed by atoms with van der Waals surface area (Å²) in [6, 6.07) is 3.93. The van der Waals surface area contributed by atoms with Crippen molar-refractivity contribution in [3.05, 3.63) is 29.6 Å². The molecule has 0 radical (unpaired) electrons. The summed E-state index contributed by atoms with van der Waals surface area (Å²) in [5.74, 6) is 1.20. The molecule has 22 heavy (non-hydrogen) atoms. The van der Waals surface area contributed by atoms with Crippen molar-refractivity contribution >= 4 is 30.7 Å². The topological polar surface area (TPSA) is 54.0 Å². The molecule has 0 aromatic carbocycles. The van der Waals surface area contributed by atoms with Crippen LogP contribution in [0.3, 0.4) is 0 Å². The number of halogens is 2. The molecule has 6 heteroatoms. The fourth-order valence-electron chi connectivity index (χ4n) is 2.78. The second-order valence-electron chi connectivity index (χ2n) is 5.83. The molecule has 1 amide bonds. The van der Waals surface area contributed by atoms with Gasteiger partial charge in [-0.15, -0.1) is 24.8 Å². The molecule has 2 rings (SSSR count). The van der Waals surface area contributed by atoms with Gasteiger partial charge in [0, 0.05) is 12.6 Å². The highest BCUT2D eigenvalue weighted by Gasteiger charge is 2.21. The summed E-state index contributed by atoms with van der Waals surface area (Å²) in [6.45, 7) is 6.90. The maximum Gasteiger partial charge on any atom is 0.220 e. The van der Waals surface area contributed by atoms with Crippen LogP contribution in [-0.4, -0.2) is 24.0 Å². The van der Waals surface area contributed by atoms with Gasteiger partial charge in [-0.25, -0.2) is 0 Å². The summed E-state index contributed by atoms with van der Waals surface area (Å²) in [6.07, 6.45) is 4.84. The molecule has 2 N–H and O–H groups in total. The summed E-state index contributed by atoms with van der Waals surface area (Å²) in [5, 5.41) is 6.40. The van der Waals surface area contributed by atoms with E-state index in [0.29, 0.717) is 24.8 Å². The molecule has 126 valence electrons. The Balaban J connectivity index is 0.00000220. The van der Waals surface area contributed by atoms with Crippen molar-refractivity contribution in [2.45, 2.75) is 39.7 Å². The van der Waals surface area contributed by atoms with E-state index in [1.165, 1.54) is 12.8 Å². The van der Waals surface area contributed by atoms with Crippen molar-refractivity contribution in [3.8, 4) is 0 Å². The Morgan fingerprint density at radius 1 is 1.50 bits per heavy atom. The highest BCUT2D eigenvalue weighted by Crippen LogP contribution is 2.22. The number of aryl methyl sites for hydroxylation is 1. The number of carbonyl (C=O) groups excluding carboxylic acids is 1. The van der Waals surface area contributed by atoms with Gasteiger partial charge in [-0.3, -0.25) is 9.78 Å². The number of pyridine rings is 1. The number of piperidine rings is 1. The molecule has 1 fully saturated rings. The number of rotatable bonds is 5. The van der Waals surface area contributed by atoms with Crippen LogP contribution in [0.15, 0.2) is 18.3 Å². The van der Waals surface area contributed by atoms with Crippen molar-refractivity contribution in [2.24, 2.45) is 11.8 Å². The largest absolute Gasteiger partial charge is 0.350 e. The molecule has 0 spiro atoms. The molecule has 0 bridgehead atoms. The number of hydrogen-bond donors (Lipinski definition) is 2. The number of hydrogen-bond acceptors (Lipinski definition) is 3. The maximum atomic E-state index is 12.0. The van der Waals surface area contributed by atoms with Crippen molar-refractivity contribution < 1.29 is 4.79 Å². The first kappa shape index (κ1) is 21.2. The summed E-state index contributed by atoms with van der Waals surface area (Å²) in [5.41, 5.74) is 2.07. The van der Waals surface area contributed by atoms with Gasteiger partial charge in [-0.1, -0.05) is 13.0 Å². The second kappa shape index (κ2) is 10.8. The van der Waals surface area contributed by atoms with Crippen molar-refractivity contribution in [2.75, 3.05) is 13.1 Å². The number of nitrogens with zero attached hydrogens (tertiary/aromatic N) is 1. The van der Waals surface area contributed by atoms with Crippen LogP contribution in [0.4, 0.5) is 0 Å². The second-order valence-corrected chi connectivity index (χ2v) is 5.83. The van der Waals surface area contributed by atoms with Crippen LogP contribution in [0.1, 0.15) is 37.4 Å². The Kier molecular flexibility index (Phi) is 10.4. The third-order valence-corrected chi connectivity index (χ3v) is 4.22. The Bertz CT molecular complexity index is 451. The molecule has 0 aliphatic carbocycles. The van der Waals surface area contributed by atoms with Crippen LogP contribution >= 0.6 is 24.8 Å². The Morgan fingerprint density at radius 3 is 2.91 bits per heavy atom. The van der Waals surface area contributed by atoms with E-state index >= 15 is 0 Å². The molecule has 1 aliphatic rings.